The van der Waals surface area contributed by atoms with Gasteiger partial charge in [0, 0.05) is 50.5 Å². The molecule has 0 spiro atoms. The Morgan fingerprint density at radius 2 is 1.69 bits per heavy atom. The number of nitrogens with one attached hydrogen (secondary N) is 1. The van der Waals surface area contributed by atoms with Crippen LogP contribution in [0.5, 0.6) is 0 Å². The monoisotopic (exact) mass is 419 g/mol. The van der Waals surface area contributed by atoms with E-state index in [2.05, 4.69) is 5.32 Å². The zero-order valence-corrected chi connectivity index (χ0v) is 17.4. The summed E-state index contributed by atoms with van der Waals surface area (Å²) < 4.78 is 26.4. The van der Waals surface area contributed by atoms with Gasteiger partial charge in [0.15, 0.2) is 0 Å². The van der Waals surface area contributed by atoms with E-state index >= 15 is 0 Å². The van der Waals surface area contributed by atoms with Crippen molar-refractivity contribution < 1.29 is 18.0 Å². The fraction of sp³-hybridized carbons (Fsp3) is 0.524. The topological polar surface area (TPSA) is 86.8 Å². The lowest BCUT2D eigenvalue weighted by Gasteiger charge is -2.29. The zero-order chi connectivity index (χ0) is 20.7. The van der Waals surface area contributed by atoms with Crippen LogP contribution >= 0.6 is 0 Å². The number of nitrogens with zero attached hydrogens (tertiary/aromatic N) is 2. The highest BCUT2D eigenvalue weighted by atomic mass is 32.2. The maximum Gasteiger partial charge on any atom is 0.236 e. The fourth-order valence-electron chi connectivity index (χ4n) is 3.75. The Kier molecular flexibility index (Phi) is 7.44. The van der Waals surface area contributed by atoms with E-state index in [1.807, 2.05) is 35.2 Å². The summed E-state index contributed by atoms with van der Waals surface area (Å²) in [5.74, 6) is -0.202. The van der Waals surface area contributed by atoms with Crippen molar-refractivity contribution in [2.24, 2.45) is 5.92 Å². The number of sulfonamides is 1. The summed E-state index contributed by atoms with van der Waals surface area (Å²) in [6, 6.07) is 9.28. The average Bonchev–Trinajstić information content (AvgIpc) is 3.28. The van der Waals surface area contributed by atoms with Crippen LogP contribution in [-0.2, 0) is 19.6 Å². The Morgan fingerprint density at radius 1 is 1.03 bits per heavy atom. The SMILES string of the molecule is O=C(NCCC(=O)N1CCCC1)C1CCN(S(=O)(=O)/C=C/c2ccccc2)CC1. The molecule has 0 saturated carbocycles. The van der Waals surface area contributed by atoms with Gasteiger partial charge in [0.2, 0.25) is 21.8 Å². The third kappa shape index (κ3) is 6.14. The van der Waals surface area contributed by atoms with Gasteiger partial charge in [-0.15, -0.1) is 0 Å². The summed E-state index contributed by atoms with van der Waals surface area (Å²) in [6.07, 6.45) is 5.00. The molecule has 0 bridgehead atoms. The van der Waals surface area contributed by atoms with Gasteiger partial charge in [0.05, 0.1) is 0 Å². The van der Waals surface area contributed by atoms with Crippen molar-refractivity contribution in [1.29, 1.82) is 0 Å². The highest BCUT2D eigenvalue weighted by Crippen LogP contribution is 2.21. The molecule has 2 aliphatic rings. The fourth-order valence-corrected chi connectivity index (χ4v) is 4.97. The second-order valence-corrected chi connectivity index (χ2v) is 9.38. The number of amides is 2. The molecule has 0 radical (unpaired) electrons. The van der Waals surface area contributed by atoms with E-state index in [1.54, 1.807) is 6.08 Å². The number of hydrogen-bond donors (Lipinski definition) is 1. The molecule has 0 unspecified atom stereocenters. The largest absolute Gasteiger partial charge is 0.355 e. The van der Waals surface area contributed by atoms with Crippen molar-refractivity contribution in [3.63, 3.8) is 0 Å². The first-order chi connectivity index (χ1) is 14.0. The van der Waals surface area contributed by atoms with E-state index in [0.29, 0.717) is 38.9 Å². The predicted molar refractivity (Wildman–Crippen MR) is 112 cm³/mol. The summed E-state index contributed by atoms with van der Waals surface area (Å²) in [5.41, 5.74) is 0.828. The molecule has 0 aliphatic carbocycles. The lowest BCUT2D eigenvalue weighted by molar-refractivity contribution is -0.130. The first-order valence-electron chi connectivity index (χ1n) is 10.2. The maximum absolute atomic E-state index is 12.5. The van der Waals surface area contributed by atoms with Gasteiger partial charge in [0.1, 0.15) is 0 Å². The minimum absolute atomic E-state index is 0.0869. The second-order valence-electron chi connectivity index (χ2n) is 7.56. The number of carbonyl (C=O) groups is 2. The average molecular weight is 420 g/mol. The summed E-state index contributed by atoms with van der Waals surface area (Å²) in [7, 11) is -3.50. The van der Waals surface area contributed by atoms with Gasteiger partial charge in [-0.1, -0.05) is 30.3 Å². The molecule has 1 N–H and O–H groups in total. The van der Waals surface area contributed by atoms with E-state index in [0.717, 1.165) is 31.5 Å². The molecule has 2 saturated heterocycles. The number of carbonyl (C=O) groups excluding carboxylic acids is 2. The highest BCUT2D eigenvalue weighted by Gasteiger charge is 2.30. The number of piperidine rings is 1. The Hall–Kier alpha value is -2.19. The quantitative estimate of drug-likeness (QED) is 0.730. The normalized spacial score (nSPS) is 19.0. The summed E-state index contributed by atoms with van der Waals surface area (Å²) in [6.45, 7) is 2.63. The van der Waals surface area contributed by atoms with E-state index in [-0.39, 0.29) is 17.7 Å². The number of likely N-dealkylation sites (tertiary alicyclic amines) is 1. The first kappa shape index (κ1) is 21.5. The Balaban J connectivity index is 1.41. The van der Waals surface area contributed by atoms with Gasteiger partial charge in [-0.3, -0.25) is 9.59 Å². The van der Waals surface area contributed by atoms with Gasteiger partial charge >= 0.3 is 0 Å². The lowest BCUT2D eigenvalue weighted by atomic mass is 9.97. The van der Waals surface area contributed by atoms with Crippen molar-refractivity contribution in [3.8, 4) is 0 Å². The first-order valence-corrected chi connectivity index (χ1v) is 11.7. The molecule has 2 fully saturated rings. The Bertz CT molecular complexity index is 825. The zero-order valence-electron chi connectivity index (χ0n) is 16.6. The van der Waals surface area contributed by atoms with Gasteiger partial charge in [-0.25, -0.2) is 8.42 Å². The van der Waals surface area contributed by atoms with E-state index in [9.17, 15) is 18.0 Å². The summed E-state index contributed by atoms with van der Waals surface area (Å²) >= 11 is 0. The second kappa shape index (κ2) is 10.0. The van der Waals surface area contributed by atoms with Crippen LogP contribution in [0.1, 0.15) is 37.7 Å². The predicted octanol–water partition coefficient (Wildman–Crippen LogP) is 1.83. The van der Waals surface area contributed by atoms with Crippen molar-refractivity contribution in [1.82, 2.24) is 14.5 Å². The van der Waals surface area contributed by atoms with Crippen molar-refractivity contribution in [3.05, 3.63) is 41.3 Å². The Labute approximate surface area is 172 Å². The molecule has 1 aromatic rings. The van der Waals surface area contributed by atoms with Crippen LogP contribution in [-0.4, -0.2) is 62.2 Å². The standard InChI is InChI=1S/C21H29N3O4S/c25-20(23-13-4-5-14-23)8-12-22-21(26)19-9-15-24(16-10-19)29(27,28)17-11-18-6-2-1-3-7-18/h1-3,6-7,11,17,19H,4-5,8-10,12-16H2,(H,22,26)/b17-11+. The van der Waals surface area contributed by atoms with E-state index in [1.165, 1.54) is 9.71 Å². The van der Waals surface area contributed by atoms with Crippen LogP contribution in [0.25, 0.3) is 6.08 Å². The minimum Gasteiger partial charge on any atom is -0.355 e. The molecule has 0 atom stereocenters. The molecular weight excluding hydrogens is 390 g/mol. The van der Waals surface area contributed by atoms with Crippen LogP contribution in [0.4, 0.5) is 0 Å². The van der Waals surface area contributed by atoms with Crippen molar-refractivity contribution >= 4 is 27.9 Å². The molecule has 2 aliphatic heterocycles. The molecule has 3 rings (SSSR count). The molecule has 29 heavy (non-hydrogen) atoms. The van der Waals surface area contributed by atoms with Gasteiger partial charge in [0.25, 0.3) is 0 Å². The number of benzene rings is 1. The number of rotatable bonds is 7. The van der Waals surface area contributed by atoms with E-state index < -0.39 is 10.0 Å². The van der Waals surface area contributed by atoms with Crippen LogP contribution in [0.3, 0.4) is 0 Å². The molecule has 158 valence electrons. The third-order valence-corrected chi connectivity index (χ3v) is 7.08. The highest BCUT2D eigenvalue weighted by molar-refractivity contribution is 7.92. The molecule has 8 heteroatoms. The lowest BCUT2D eigenvalue weighted by Crippen LogP contribution is -2.43. The van der Waals surface area contributed by atoms with Gasteiger partial charge < -0.3 is 10.2 Å². The minimum atomic E-state index is -3.50. The molecule has 7 nitrogen and oxygen atoms in total. The van der Waals surface area contributed by atoms with Crippen LogP contribution < -0.4 is 5.32 Å². The molecule has 2 heterocycles. The van der Waals surface area contributed by atoms with Crippen LogP contribution in [0.15, 0.2) is 35.7 Å². The maximum atomic E-state index is 12.5. The number of hydrogen-bond acceptors (Lipinski definition) is 4. The van der Waals surface area contributed by atoms with Crippen molar-refractivity contribution in [2.75, 3.05) is 32.7 Å². The van der Waals surface area contributed by atoms with Crippen molar-refractivity contribution in [2.45, 2.75) is 32.1 Å². The summed E-state index contributed by atoms with van der Waals surface area (Å²) in [5, 5.41) is 4.07. The summed E-state index contributed by atoms with van der Waals surface area (Å²) in [4.78, 5) is 26.2. The molecule has 2 amide bonds. The molecule has 0 aromatic heterocycles. The van der Waals surface area contributed by atoms with Crippen LogP contribution in [0.2, 0.25) is 0 Å². The third-order valence-electron chi connectivity index (χ3n) is 5.51. The smallest absolute Gasteiger partial charge is 0.236 e. The van der Waals surface area contributed by atoms with Gasteiger partial charge in [-0.2, -0.15) is 4.31 Å². The van der Waals surface area contributed by atoms with Crippen LogP contribution in [0, 0.1) is 5.92 Å². The molecule has 1 aromatic carbocycles. The molecular formula is C21H29N3O4S. The van der Waals surface area contributed by atoms with Gasteiger partial charge in [-0.05, 0) is 37.3 Å². The Morgan fingerprint density at radius 3 is 2.34 bits per heavy atom. The van der Waals surface area contributed by atoms with E-state index in [4.69, 9.17) is 0 Å².